The van der Waals surface area contributed by atoms with Crippen molar-refractivity contribution < 1.29 is 4.79 Å². The van der Waals surface area contributed by atoms with Crippen molar-refractivity contribution in [1.82, 2.24) is 9.80 Å². The van der Waals surface area contributed by atoms with Gasteiger partial charge < -0.3 is 10.6 Å². The standard InChI is InChI=1S/C15H22BrN3O/c1-3-18(4-2)11-8-9-19(10-11)15(20)12-6-5-7-13(17)14(12)16/h5-7,11H,3-4,8-10,17H2,1-2H3. The molecule has 1 aromatic rings. The third-order valence-corrected chi connectivity index (χ3v) is 4.92. The van der Waals surface area contributed by atoms with E-state index < -0.39 is 0 Å². The van der Waals surface area contributed by atoms with Crippen molar-refractivity contribution in [3.8, 4) is 0 Å². The van der Waals surface area contributed by atoms with Crippen LogP contribution >= 0.6 is 15.9 Å². The van der Waals surface area contributed by atoms with Gasteiger partial charge >= 0.3 is 0 Å². The monoisotopic (exact) mass is 339 g/mol. The van der Waals surface area contributed by atoms with Crippen LogP contribution in [0.25, 0.3) is 0 Å². The fourth-order valence-corrected chi connectivity index (χ4v) is 3.28. The molecule has 20 heavy (non-hydrogen) atoms. The summed E-state index contributed by atoms with van der Waals surface area (Å²) in [6, 6.07) is 5.93. The lowest BCUT2D eigenvalue weighted by Gasteiger charge is -2.26. The number of nitrogens with zero attached hydrogens (tertiary/aromatic N) is 2. The van der Waals surface area contributed by atoms with Gasteiger partial charge in [-0.3, -0.25) is 9.69 Å². The van der Waals surface area contributed by atoms with Crippen LogP contribution in [0.1, 0.15) is 30.6 Å². The molecule has 2 N–H and O–H groups in total. The number of carbonyl (C=O) groups excluding carboxylic acids is 1. The molecular weight excluding hydrogens is 318 g/mol. The van der Waals surface area contributed by atoms with Crippen molar-refractivity contribution in [2.24, 2.45) is 0 Å². The van der Waals surface area contributed by atoms with E-state index >= 15 is 0 Å². The lowest BCUT2D eigenvalue weighted by molar-refractivity contribution is 0.0777. The van der Waals surface area contributed by atoms with Gasteiger partial charge in [0.15, 0.2) is 0 Å². The highest BCUT2D eigenvalue weighted by Gasteiger charge is 2.30. The number of rotatable bonds is 4. The highest BCUT2D eigenvalue weighted by molar-refractivity contribution is 9.10. The number of anilines is 1. The number of hydrogen-bond donors (Lipinski definition) is 1. The van der Waals surface area contributed by atoms with Crippen LogP contribution in [0.5, 0.6) is 0 Å². The summed E-state index contributed by atoms with van der Waals surface area (Å²) < 4.78 is 0.705. The summed E-state index contributed by atoms with van der Waals surface area (Å²) in [5.41, 5.74) is 7.11. The van der Waals surface area contributed by atoms with Crippen molar-refractivity contribution in [3.05, 3.63) is 28.2 Å². The van der Waals surface area contributed by atoms with Crippen LogP contribution in [0.15, 0.2) is 22.7 Å². The van der Waals surface area contributed by atoms with Crippen molar-refractivity contribution in [2.45, 2.75) is 26.3 Å². The van der Waals surface area contributed by atoms with Gasteiger partial charge in [0.2, 0.25) is 0 Å². The molecule has 1 aliphatic heterocycles. The molecule has 0 bridgehead atoms. The molecule has 0 aromatic heterocycles. The maximum Gasteiger partial charge on any atom is 0.255 e. The lowest BCUT2D eigenvalue weighted by atomic mass is 10.2. The van der Waals surface area contributed by atoms with Crippen LogP contribution in [-0.2, 0) is 0 Å². The summed E-state index contributed by atoms with van der Waals surface area (Å²) in [7, 11) is 0. The first-order chi connectivity index (χ1) is 9.58. The predicted octanol–water partition coefficient (Wildman–Crippen LogP) is 2.59. The van der Waals surface area contributed by atoms with E-state index in [0.717, 1.165) is 32.6 Å². The highest BCUT2D eigenvalue weighted by atomic mass is 79.9. The van der Waals surface area contributed by atoms with Crippen LogP contribution < -0.4 is 5.73 Å². The zero-order chi connectivity index (χ0) is 14.7. The Hall–Kier alpha value is -1.07. The number of likely N-dealkylation sites (N-methyl/N-ethyl adjacent to an activating group) is 1. The summed E-state index contributed by atoms with van der Waals surface area (Å²) in [6.45, 7) is 8.03. The van der Waals surface area contributed by atoms with Crippen LogP contribution in [0.4, 0.5) is 5.69 Å². The van der Waals surface area contributed by atoms with E-state index in [9.17, 15) is 4.79 Å². The Morgan fingerprint density at radius 2 is 2.15 bits per heavy atom. The SMILES string of the molecule is CCN(CC)C1CCN(C(=O)c2cccc(N)c2Br)C1. The van der Waals surface area contributed by atoms with Gasteiger partial charge in [-0.25, -0.2) is 0 Å². The minimum Gasteiger partial charge on any atom is -0.398 e. The second-order valence-corrected chi connectivity index (χ2v) is 5.92. The van der Waals surface area contributed by atoms with Gasteiger partial charge in [-0.1, -0.05) is 19.9 Å². The zero-order valence-electron chi connectivity index (χ0n) is 12.1. The molecule has 1 unspecified atom stereocenters. The number of nitrogen functional groups attached to an aromatic ring is 1. The summed E-state index contributed by atoms with van der Waals surface area (Å²) in [6.07, 6.45) is 1.05. The molecule has 110 valence electrons. The molecule has 5 heteroatoms. The second kappa shape index (κ2) is 6.59. The van der Waals surface area contributed by atoms with Crippen molar-refractivity contribution in [3.63, 3.8) is 0 Å². The van der Waals surface area contributed by atoms with Crippen LogP contribution in [0.3, 0.4) is 0 Å². The van der Waals surface area contributed by atoms with Crippen molar-refractivity contribution in [2.75, 3.05) is 31.9 Å². The molecule has 2 rings (SSSR count). The Morgan fingerprint density at radius 3 is 2.80 bits per heavy atom. The van der Waals surface area contributed by atoms with E-state index in [2.05, 4.69) is 34.7 Å². The summed E-state index contributed by atoms with van der Waals surface area (Å²) >= 11 is 3.42. The van der Waals surface area contributed by atoms with E-state index in [4.69, 9.17) is 5.73 Å². The smallest absolute Gasteiger partial charge is 0.255 e. The quantitative estimate of drug-likeness (QED) is 0.857. The zero-order valence-corrected chi connectivity index (χ0v) is 13.7. The van der Waals surface area contributed by atoms with E-state index in [-0.39, 0.29) is 5.91 Å². The Balaban J connectivity index is 2.10. The van der Waals surface area contributed by atoms with E-state index in [1.807, 2.05) is 17.0 Å². The lowest BCUT2D eigenvalue weighted by Crippen LogP contribution is -2.38. The van der Waals surface area contributed by atoms with E-state index in [0.29, 0.717) is 21.8 Å². The van der Waals surface area contributed by atoms with Gasteiger partial charge in [-0.15, -0.1) is 0 Å². The first-order valence-electron chi connectivity index (χ1n) is 7.15. The highest BCUT2D eigenvalue weighted by Crippen LogP contribution is 2.26. The maximum atomic E-state index is 12.6. The number of carbonyl (C=O) groups is 1. The number of likely N-dealkylation sites (tertiary alicyclic amines) is 1. The number of nitrogens with two attached hydrogens (primary N) is 1. The normalized spacial score (nSPS) is 18.8. The van der Waals surface area contributed by atoms with Crippen LogP contribution in [0.2, 0.25) is 0 Å². The van der Waals surface area contributed by atoms with Gasteiger partial charge in [-0.2, -0.15) is 0 Å². The topological polar surface area (TPSA) is 49.6 Å². The molecule has 1 saturated heterocycles. The van der Waals surface area contributed by atoms with Crippen molar-refractivity contribution >= 4 is 27.5 Å². The molecule has 1 aromatic carbocycles. The first-order valence-corrected chi connectivity index (χ1v) is 7.95. The van der Waals surface area contributed by atoms with Gasteiger partial charge in [0, 0.05) is 24.8 Å². The van der Waals surface area contributed by atoms with Crippen LogP contribution in [0, 0.1) is 0 Å². The molecule has 0 spiro atoms. The molecule has 1 amide bonds. The summed E-state index contributed by atoms with van der Waals surface area (Å²) in [5, 5.41) is 0. The molecule has 0 aliphatic carbocycles. The van der Waals surface area contributed by atoms with Crippen molar-refractivity contribution in [1.29, 1.82) is 0 Å². The molecular formula is C15H22BrN3O. The summed E-state index contributed by atoms with van der Waals surface area (Å²) in [5.74, 6) is 0.0684. The Kier molecular flexibility index (Phi) is 5.05. The number of halogens is 1. The average molecular weight is 340 g/mol. The molecule has 4 nitrogen and oxygen atoms in total. The number of hydrogen-bond acceptors (Lipinski definition) is 3. The minimum absolute atomic E-state index is 0.0684. The maximum absolute atomic E-state index is 12.6. The largest absolute Gasteiger partial charge is 0.398 e. The second-order valence-electron chi connectivity index (χ2n) is 5.12. The van der Waals surface area contributed by atoms with E-state index in [1.54, 1.807) is 6.07 Å². The number of benzene rings is 1. The molecule has 0 saturated carbocycles. The molecule has 0 radical (unpaired) electrons. The molecule has 1 aliphatic rings. The van der Waals surface area contributed by atoms with Gasteiger partial charge in [0.25, 0.3) is 5.91 Å². The molecule has 1 fully saturated rings. The third kappa shape index (κ3) is 2.99. The Morgan fingerprint density at radius 1 is 1.45 bits per heavy atom. The molecule has 1 heterocycles. The van der Waals surface area contributed by atoms with Gasteiger partial charge in [0.05, 0.1) is 10.0 Å². The van der Waals surface area contributed by atoms with E-state index in [1.165, 1.54) is 0 Å². The summed E-state index contributed by atoms with van der Waals surface area (Å²) in [4.78, 5) is 16.9. The van der Waals surface area contributed by atoms with Crippen LogP contribution in [-0.4, -0.2) is 47.9 Å². The Bertz CT molecular complexity index is 488. The van der Waals surface area contributed by atoms with Gasteiger partial charge in [-0.05, 0) is 47.6 Å². The fraction of sp³-hybridized carbons (Fsp3) is 0.533. The predicted molar refractivity (Wildman–Crippen MR) is 85.8 cm³/mol. The average Bonchev–Trinajstić information content (AvgIpc) is 2.92. The minimum atomic E-state index is 0.0684. The third-order valence-electron chi connectivity index (χ3n) is 4.04. The Labute approximate surface area is 129 Å². The first kappa shape index (κ1) is 15.3. The van der Waals surface area contributed by atoms with Gasteiger partial charge in [0.1, 0.15) is 0 Å². The number of amides is 1. The molecule has 1 atom stereocenters. The fourth-order valence-electron chi connectivity index (χ4n) is 2.85.